The Hall–Kier alpha value is -0.280. The third-order valence-electron chi connectivity index (χ3n) is 3.51. The SMILES string of the molecule is Cl.O=C(CCC1CCNC1)NCCC1CC1. The Labute approximate surface area is 104 Å². The van der Waals surface area contributed by atoms with Gasteiger partial charge in [0.1, 0.15) is 0 Å². The van der Waals surface area contributed by atoms with E-state index < -0.39 is 0 Å². The van der Waals surface area contributed by atoms with E-state index in [2.05, 4.69) is 10.6 Å². The molecule has 2 fully saturated rings. The minimum absolute atomic E-state index is 0. The van der Waals surface area contributed by atoms with Gasteiger partial charge in [-0.1, -0.05) is 12.8 Å². The van der Waals surface area contributed by atoms with Gasteiger partial charge in [0.2, 0.25) is 5.91 Å². The van der Waals surface area contributed by atoms with Crippen molar-refractivity contribution in [2.45, 2.75) is 38.5 Å². The van der Waals surface area contributed by atoms with Crippen molar-refractivity contribution >= 4 is 18.3 Å². The average molecular weight is 247 g/mol. The van der Waals surface area contributed by atoms with Gasteiger partial charge in [0.05, 0.1) is 0 Å². The Bertz CT molecular complexity index is 213. The van der Waals surface area contributed by atoms with Crippen LogP contribution in [0.4, 0.5) is 0 Å². The molecule has 0 radical (unpaired) electrons. The summed E-state index contributed by atoms with van der Waals surface area (Å²) in [5.74, 6) is 1.91. The molecule has 1 saturated carbocycles. The van der Waals surface area contributed by atoms with Gasteiger partial charge >= 0.3 is 0 Å². The molecule has 1 unspecified atom stereocenters. The summed E-state index contributed by atoms with van der Waals surface area (Å²) in [7, 11) is 0. The predicted octanol–water partition coefficient (Wildman–Crippen LogP) is 1.71. The van der Waals surface area contributed by atoms with Gasteiger partial charge in [-0.05, 0) is 44.2 Å². The van der Waals surface area contributed by atoms with Crippen molar-refractivity contribution in [2.24, 2.45) is 11.8 Å². The molecule has 0 spiro atoms. The Morgan fingerprint density at radius 2 is 2.00 bits per heavy atom. The molecule has 3 nitrogen and oxygen atoms in total. The van der Waals surface area contributed by atoms with Crippen molar-refractivity contribution in [3.63, 3.8) is 0 Å². The van der Waals surface area contributed by atoms with E-state index in [0.29, 0.717) is 0 Å². The van der Waals surface area contributed by atoms with Crippen LogP contribution in [-0.4, -0.2) is 25.5 Å². The number of carbonyl (C=O) groups excluding carboxylic acids is 1. The Morgan fingerprint density at radius 3 is 2.62 bits per heavy atom. The number of nitrogens with one attached hydrogen (secondary N) is 2. The fourth-order valence-corrected chi connectivity index (χ4v) is 2.21. The Balaban J connectivity index is 0.00000128. The third kappa shape index (κ3) is 5.17. The molecule has 1 aliphatic heterocycles. The van der Waals surface area contributed by atoms with Crippen molar-refractivity contribution in [3.05, 3.63) is 0 Å². The normalized spacial score (nSPS) is 23.9. The standard InChI is InChI=1S/C12H22N2O.ClH/c15-12(14-8-6-10-1-2-10)4-3-11-5-7-13-9-11;/h10-11,13H,1-9H2,(H,14,15);1H. The van der Waals surface area contributed by atoms with Crippen LogP contribution in [-0.2, 0) is 4.79 Å². The molecule has 2 rings (SSSR count). The van der Waals surface area contributed by atoms with Gasteiger partial charge in [0.15, 0.2) is 0 Å². The molecule has 1 amide bonds. The Kier molecular flexibility index (Phi) is 6.14. The maximum atomic E-state index is 11.5. The number of amides is 1. The highest BCUT2D eigenvalue weighted by Gasteiger charge is 2.20. The number of hydrogen-bond acceptors (Lipinski definition) is 2. The molecular formula is C12H23ClN2O. The van der Waals surface area contributed by atoms with Crippen LogP contribution in [0.25, 0.3) is 0 Å². The van der Waals surface area contributed by atoms with E-state index >= 15 is 0 Å². The fourth-order valence-electron chi connectivity index (χ4n) is 2.21. The molecule has 1 heterocycles. The molecule has 1 atom stereocenters. The van der Waals surface area contributed by atoms with E-state index in [4.69, 9.17) is 0 Å². The van der Waals surface area contributed by atoms with E-state index in [1.54, 1.807) is 0 Å². The second kappa shape index (κ2) is 7.13. The van der Waals surface area contributed by atoms with Crippen LogP contribution in [0.15, 0.2) is 0 Å². The van der Waals surface area contributed by atoms with Crippen LogP contribution in [0, 0.1) is 11.8 Å². The maximum Gasteiger partial charge on any atom is 0.220 e. The van der Waals surface area contributed by atoms with Gasteiger partial charge in [-0.3, -0.25) is 4.79 Å². The van der Waals surface area contributed by atoms with Gasteiger partial charge in [0.25, 0.3) is 0 Å². The average Bonchev–Trinajstić information content (AvgIpc) is 2.91. The van der Waals surface area contributed by atoms with Gasteiger partial charge < -0.3 is 10.6 Å². The fraction of sp³-hybridized carbons (Fsp3) is 0.917. The zero-order valence-electron chi connectivity index (χ0n) is 9.84. The minimum atomic E-state index is 0. The monoisotopic (exact) mass is 246 g/mol. The summed E-state index contributed by atoms with van der Waals surface area (Å²) in [4.78, 5) is 11.5. The summed E-state index contributed by atoms with van der Waals surface area (Å²) in [5, 5.41) is 6.35. The number of rotatable bonds is 6. The molecular weight excluding hydrogens is 224 g/mol. The molecule has 1 saturated heterocycles. The van der Waals surface area contributed by atoms with Crippen LogP contribution < -0.4 is 10.6 Å². The maximum absolute atomic E-state index is 11.5. The van der Waals surface area contributed by atoms with Gasteiger partial charge in [-0.2, -0.15) is 0 Å². The van der Waals surface area contributed by atoms with Crippen molar-refractivity contribution in [2.75, 3.05) is 19.6 Å². The largest absolute Gasteiger partial charge is 0.356 e. The summed E-state index contributed by atoms with van der Waals surface area (Å²) in [5.41, 5.74) is 0. The van der Waals surface area contributed by atoms with E-state index in [0.717, 1.165) is 44.3 Å². The zero-order valence-corrected chi connectivity index (χ0v) is 10.7. The number of halogens is 1. The van der Waals surface area contributed by atoms with Crippen LogP contribution in [0.5, 0.6) is 0 Å². The highest BCUT2D eigenvalue weighted by atomic mass is 35.5. The van der Waals surface area contributed by atoms with Crippen molar-refractivity contribution < 1.29 is 4.79 Å². The number of carbonyl (C=O) groups is 1. The summed E-state index contributed by atoms with van der Waals surface area (Å²) < 4.78 is 0. The van der Waals surface area contributed by atoms with E-state index in [1.807, 2.05) is 0 Å². The van der Waals surface area contributed by atoms with E-state index in [9.17, 15) is 4.79 Å². The first-order valence-electron chi connectivity index (χ1n) is 6.32. The molecule has 0 aromatic carbocycles. The van der Waals surface area contributed by atoms with Gasteiger partial charge in [0, 0.05) is 13.0 Å². The molecule has 16 heavy (non-hydrogen) atoms. The lowest BCUT2D eigenvalue weighted by Gasteiger charge is -2.08. The minimum Gasteiger partial charge on any atom is -0.356 e. The predicted molar refractivity (Wildman–Crippen MR) is 67.8 cm³/mol. The molecule has 0 aromatic heterocycles. The lowest BCUT2D eigenvalue weighted by atomic mass is 10.0. The molecule has 2 aliphatic rings. The Morgan fingerprint density at radius 1 is 1.19 bits per heavy atom. The molecule has 0 aromatic rings. The summed E-state index contributed by atoms with van der Waals surface area (Å²) >= 11 is 0. The molecule has 94 valence electrons. The topological polar surface area (TPSA) is 41.1 Å². The van der Waals surface area contributed by atoms with E-state index in [-0.39, 0.29) is 18.3 Å². The summed E-state index contributed by atoms with van der Waals surface area (Å²) in [6.07, 6.45) is 6.97. The molecule has 4 heteroatoms. The lowest BCUT2D eigenvalue weighted by molar-refractivity contribution is -0.121. The first-order chi connectivity index (χ1) is 7.34. The first kappa shape index (κ1) is 13.8. The molecule has 2 N–H and O–H groups in total. The second-order valence-corrected chi connectivity index (χ2v) is 4.98. The van der Waals surface area contributed by atoms with Gasteiger partial charge in [-0.25, -0.2) is 0 Å². The van der Waals surface area contributed by atoms with Gasteiger partial charge in [-0.15, -0.1) is 12.4 Å². The summed E-state index contributed by atoms with van der Waals surface area (Å²) in [6, 6.07) is 0. The van der Waals surface area contributed by atoms with Crippen molar-refractivity contribution in [1.29, 1.82) is 0 Å². The van der Waals surface area contributed by atoms with Crippen LogP contribution in [0.3, 0.4) is 0 Å². The molecule has 1 aliphatic carbocycles. The highest BCUT2D eigenvalue weighted by Crippen LogP contribution is 2.31. The quantitative estimate of drug-likeness (QED) is 0.749. The lowest BCUT2D eigenvalue weighted by Crippen LogP contribution is -2.25. The third-order valence-corrected chi connectivity index (χ3v) is 3.51. The van der Waals surface area contributed by atoms with Crippen LogP contribution in [0.1, 0.15) is 38.5 Å². The molecule has 0 bridgehead atoms. The first-order valence-corrected chi connectivity index (χ1v) is 6.32. The van der Waals surface area contributed by atoms with Crippen molar-refractivity contribution in [3.8, 4) is 0 Å². The number of hydrogen-bond donors (Lipinski definition) is 2. The van der Waals surface area contributed by atoms with Crippen molar-refractivity contribution in [1.82, 2.24) is 10.6 Å². The zero-order chi connectivity index (χ0) is 10.5. The van der Waals surface area contributed by atoms with E-state index in [1.165, 1.54) is 25.7 Å². The highest BCUT2D eigenvalue weighted by molar-refractivity contribution is 5.85. The smallest absolute Gasteiger partial charge is 0.220 e. The summed E-state index contributed by atoms with van der Waals surface area (Å²) in [6.45, 7) is 3.13. The second-order valence-electron chi connectivity index (χ2n) is 4.98. The van der Waals surface area contributed by atoms with Crippen LogP contribution in [0.2, 0.25) is 0 Å². The van der Waals surface area contributed by atoms with Crippen LogP contribution >= 0.6 is 12.4 Å².